The second-order valence-electron chi connectivity index (χ2n) is 6.84. The fourth-order valence-electron chi connectivity index (χ4n) is 2.62. The van der Waals surface area contributed by atoms with Gasteiger partial charge in [-0.2, -0.15) is 5.10 Å². The molecule has 1 amide bonds. The molecule has 0 atom stereocenters. The average Bonchev–Trinajstić information content (AvgIpc) is 2.57. The first-order valence-corrected chi connectivity index (χ1v) is 9.55. The van der Waals surface area contributed by atoms with Crippen molar-refractivity contribution in [1.29, 1.82) is 0 Å². The summed E-state index contributed by atoms with van der Waals surface area (Å²) in [6.45, 7) is 6.59. The molecule has 1 N–H and O–H groups in total. The van der Waals surface area contributed by atoms with Crippen molar-refractivity contribution < 1.29 is 4.79 Å². The van der Waals surface area contributed by atoms with E-state index in [1.165, 1.54) is 44.1 Å². The van der Waals surface area contributed by atoms with E-state index >= 15 is 0 Å². The summed E-state index contributed by atoms with van der Waals surface area (Å²) >= 11 is 0. The normalized spacial score (nSPS) is 11.3. The maximum Gasteiger partial charge on any atom is 0.240 e. The van der Waals surface area contributed by atoms with E-state index in [-0.39, 0.29) is 5.91 Å². The van der Waals surface area contributed by atoms with Gasteiger partial charge >= 0.3 is 0 Å². The van der Waals surface area contributed by atoms with Crippen LogP contribution in [0.15, 0.2) is 29.4 Å². The highest BCUT2D eigenvalue weighted by molar-refractivity contribution is 5.82. The first kappa shape index (κ1) is 20.4. The van der Waals surface area contributed by atoms with Crippen molar-refractivity contribution in [3.63, 3.8) is 0 Å². The van der Waals surface area contributed by atoms with Crippen molar-refractivity contribution >= 4 is 12.1 Å². The molecule has 0 unspecified atom stereocenters. The van der Waals surface area contributed by atoms with Gasteiger partial charge in [0, 0.05) is 6.42 Å². The van der Waals surface area contributed by atoms with Crippen LogP contribution in [0.3, 0.4) is 0 Å². The van der Waals surface area contributed by atoms with Crippen molar-refractivity contribution in [2.24, 2.45) is 5.10 Å². The summed E-state index contributed by atoms with van der Waals surface area (Å²) in [6, 6.07) is 8.27. The molecule has 0 saturated carbocycles. The number of nitrogens with one attached hydrogen (secondary N) is 1. The summed E-state index contributed by atoms with van der Waals surface area (Å²) in [5, 5.41) is 4.04. The molecule has 24 heavy (non-hydrogen) atoms. The highest BCUT2D eigenvalue weighted by atomic mass is 16.2. The Morgan fingerprint density at radius 3 is 2.17 bits per heavy atom. The first-order chi connectivity index (χ1) is 11.6. The monoisotopic (exact) mass is 330 g/mol. The molecule has 0 saturated heterocycles. The summed E-state index contributed by atoms with van der Waals surface area (Å²) in [5.74, 6) is 0.540. The van der Waals surface area contributed by atoms with Crippen LogP contribution < -0.4 is 5.43 Å². The quantitative estimate of drug-likeness (QED) is 0.294. The van der Waals surface area contributed by atoms with Crippen LogP contribution in [-0.2, 0) is 4.79 Å². The molecule has 0 fully saturated rings. The van der Waals surface area contributed by atoms with Gasteiger partial charge in [0.25, 0.3) is 0 Å². The predicted molar refractivity (Wildman–Crippen MR) is 103 cm³/mol. The highest BCUT2D eigenvalue weighted by Gasteiger charge is 2.00. The van der Waals surface area contributed by atoms with E-state index in [1.807, 2.05) is 12.1 Å². The SMILES string of the molecule is CCCCCCCCCCC(=O)N/N=C/c1ccc(C(C)C)cc1. The van der Waals surface area contributed by atoms with Crippen LogP contribution in [0.25, 0.3) is 0 Å². The molecule has 0 aromatic heterocycles. The number of nitrogens with zero attached hydrogens (tertiary/aromatic N) is 1. The molecule has 0 aliphatic heterocycles. The Morgan fingerprint density at radius 2 is 1.58 bits per heavy atom. The molecule has 1 aromatic rings. The number of amides is 1. The van der Waals surface area contributed by atoms with Crippen LogP contribution in [0.5, 0.6) is 0 Å². The maximum absolute atomic E-state index is 11.7. The third-order valence-corrected chi connectivity index (χ3v) is 4.26. The van der Waals surface area contributed by atoms with Crippen molar-refractivity contribution in [3.8, 4) is 0 Å². The minimum atomic E-state index is 0.0102. The summed E-state index contributed by atoms with van der Waals surface area (Å²) in [6.07, 6.45) is 12.2. The van der Waals surface area contributed by atoms with Gasteiger partial charge in [0.1, 0.15) is 0 Å². The van der Waals surface area contributed by atoms with Gasteiger partial charge < -0.3 is 0 Å². The number of unbranched alkanes of at least 4 members (excludes halogenated alkanes) is 7. The lowest BCUT2D eigenvalue weighted by molar-refractivity contribution is -0.121. The Balaban J connectivity index is 2.10. The lowest BCUT2D eigenvalue weighted by Crippen LogP contribution is -2.16. The summed E-state index contributed by atoms with van der Waals surface area (Å²) in [5.41, 5.74) is 4.94. The van der Waals surface area contributed by atoms with Gasteiger partial charge in [-0.3, -0.25) is 4.79 Å². The molecule has 3 heteroatoms. The van der Waals surface area contributed by atoms with Gasteiger partial charge in [0.2, 0.25) is 5.91 Å². The zero-order valence-corrected chi connectivity index (χ0v) is 15.7. The summed E-state index contributed by atoms with van der Waals surface area (Å²) < 4.78 is 0. The third kappa shape index (κ3) is 9.49. The molecular formula is C21H34N2O. The van der Waals surface area contributed by atoms with Crippen molar-refractivity contribution in [3.05, 3.63) is 35.4 Å². The molecule has 0 radical (unpaired) electrons. The summed E-state index contributed by atoms with van der Waals surface area (Å²) in [7, 11) is 0. The fourth-order valence-corrected chi connectivity index (χ4v) is 2.62. The van der Waals surface area contributed by atoms with Crippen LogP contribution in [0.2, 0.25) is 0 Å². The Labute approximate surface area is 147 Å². The molecule has 0 aliphatic carbocycles. The number of hydrazone groups is 1. The van der Waals surface area contributed by atoms with Crippen LogP contribution in [0.4, 0.5) is 0 Å². The van der Waals surface area contributed by atoms with Crippen molar-refractivity contribution in [2.75, 3.05) is 0 Å². The van der Waals surface area contributed by atoms with Gasteiger partial charge in [-0.25, -0.2) is 5.43 Å². The fraction of sp³-hybridized carbons (Fsp3) is 0.619. The van der Waals surface area contributed by atoms with Gasteiger partial charge in [-0.05, 0) is 23.5 Å². The first-order valence-electron chi connectivity index (χ1n) is 9.55. The third-order valence-electron chi connectivity index (χ3n) is 4.26. The Bertz CT molecular complexity index is 477. The molecular weight excluding hydrogens is 296 g/mol. The number of benzene rings is 1. The average molecular weight is 331 g/mol. The van der Waals surface area contributed by atoms with E-state index in [9.17, 15) is 4.79 Å². The van der Waals surface area contributed by atoms with Crippen molar-refractivity contribution in [1.82, 2.24) is 5.43 Å². The number of carbonyl (C=O) groups excluding carboxylic acids is 1. The molecule has 134 valence electrons. The Kier molecular flexibility index (Phi) is 10.8. The van der Waals surface area contributed by atoms with E-state index in [2.05, 4.69) is 43.4 Å². The second kappa shape index (κ2) is 12.7. The van der Waals surface area contributed by atoms with Crippen LogP contribution in [0, 0.1) is 0 Å². The second-order valence-corrected chi connectivity index (χ2v) is 6.84. The lowest BCUT2D eigenvalue weighted by atomic mass is 10.0. The Hall–Kier alpha value is -1.64. The van der Waals surface area contributed by atoms with Crippen LogP contribution in [0.1, 0.15) is 95.6 Å². The topological polar surface area (TPSA) is 41.5 Å². The Morgan fingerprint density at radius 1 is 1.00 bits per heavy atom. The largest absolute Gasteiger partial charge is 0.273 e. The molecule has 3 nitrogen and oxygen atoms in total. The number of hydrogen-bond donors (Lipinski definition) is 1. The standard InChI is InChI=1S/C21H34N2O/c1-4-5-6-7-8-9-10-11-12-21(24)23-22-17-19-13-15-20(16-14-19)18(2)3/h13-18H,4-12H2,1-3H3,(H,23,24)/b22-17+. The number of carbonyl (C=O) groups is 1. The van der Waals surface area contributed by atoms with Gasteiger partial charge in [-0.1, -0.05) is 90.0 Å². The van der Waals surface area contributed by atoms with Crippen molar-refractivity contribution in [2.45, 2.75) is 84.5 Å². The van der Waals surface area contributed by atoms with Gasteiger partial charge in [0.15, 0.2) is 0 Å². The number of rotatable bonds is 12. The minimum absolute atomic E-state index is 0.0102. The maximum atomic E-state index is 11.7. The highest BCUT2D eigenvalue weighted by Crippen LogP contribution is 2.14. The van der Waals surface area contributed by atoms with E-state index < -0.39 is 0 Å². The van der Waals surface area contributed by atoms with Gasteiger partial charge in [-0.15, -0.1) is 0 Å². The molecule has 0 aliphatic rings. The van der Waals surface area contributed by atoms with E-state index in [1.54, 1.807) is 6.21 Å². The van der Waals surface area contributed by atoms with Crippen LogP contribution in [-0.4, -0.2) is 12.1 Å². The molecule has 1 aromatic carbocycles. The summed E-state index contributed by atoms with van der Waals surface area (Å²) in [4.78, 5) is 11.7. The predicted octanol–water partition coefficient (Wildman–Crippen LogP) is 5.79. The molecule has 0 bridgehead atoms. The van der Waals surface area contributed by atoms with E-state index in [4.69, 9.17) is 0 Å². The number of hydrogen-bond acceptors (Lipinski definition) is 2. The zero-order chi connectivity index (χ0) is 17.6. The van der Waals surface area contributed by atoms with E-state index in [0.717, 1.165) is 18.4 Å². The zero-order valence-electron chi connectivity index (χ0n) is 15.7. The molecule has 0 heterocycles. The smallest absolute Gasteiger partial charge is 0.240 e. The molecule has 1 rings (SSSR count). The lowest BCUT2D eigenvalue weighted by Gasteiger charge is -2.04. The minimum Gasteiger partial charge on any atom is -0.273 e. The van der Waals surface area contributed by atoms with Crippen LogP contribution >= 0.6 is 0 Å². The van der Waals surface area contributed by atoms with E-state index in [0.29, 0.717) is 12.3 Å². The van der Waals surface area contributed by atoms with Gasteiger partial charge in [0.05, 0.1) is 6.21 Å². The molecule has 0 spiro atoms.